The lowest BCUT2D eigenvalue weighted by Crippen LogP contribution is -2.25. The van der Waals surface area contributed by atoms with Crippen molar-refractivity contribution in [3.05, 3.63) is 27.1 Å². The van der Waals surface area contributed by atoms with Gasteiger partial charge in [-0.25, -0.2) is 0 Å². The van der Waals surface area contributed by atoms with E-state index in [1.165, 1.54) is 16.1 Å². The highest BCUT2D eigenvalue weighted by molar-refractivity contribution is 7.35. The van der Waals surface area contributed by atoms with Crippen molar-refractivity contribution in [3.63, 3.8) is 0 Å². The molecule has 0 fully saturated rings. The number of hydrogen-bond donors (Lipinski definition) is 0. The van der Waals surface area contributed by atoms with Gasteiger partial charge in [0.15, 0.2) is 0 Å². The van der Waals surface area contributed by atoms with Crippen molar-refractivity contribution in [2.24, 2.45) is 5.41 Å². The van der Waals surface area contributed by atoms with Crippen LogP contribution in [0.25, 0.3) is 0 Å². The largest absolute Gasteiger partial charge is 0.541 e. The van der Waals surface area contributed by atoms with E-state index in [2.05, 4.69) is 88.0 Å². The minimum Gasteiger partial charge on any atom is -0.541 e. The second kappa shape index (κ2) is 6.71. The summed E-state index contributed by atoms with van der Waals surface area (Å²) in [6.07, 6.45) is 0. The summed E-state index contributed by atoms with van der Waals surface area (Å²) >= 11 is 0. The molecule has 0 aliphatic carbocycles. The quantitative estimate of drug-likeness (QED) is 0.240. The Bertz CT molecular complexity index is 699. The molecule has 0 heterocycles. The van der Waals surface area contributed by atoms with Gasteiger partial charge in [-0.2, -0.15) is 5.26 Å². The van der Waals surface area contributed by atoms with Gasteiger partial charge in [0.25, 0.3) is 0 Å². The lowest BCUT2D eigenvalue weighted by Gasteiger charge is -2.25. The van der Waals surface area contributed by atoms with Gasteiger partial charge in [0.05, 0.1) is 11.6 Å². The van der Waals surface area contributed by atoms with E-state index in [0.29, 0.717) is 0 Å². The molecule has 0 aliphatic rings. The number of hydrogen-bond acceptors (Lipinski definition) is 2. The molecule has 1 rings (SSSR count). The molecule has 0 aromatic heterocycles. The SMILES string of the molecule is CC(C)(C)/C(C#N)=C(\O[Si](C)(C)C)P=c1c(C(C)(C)C)c1C(C)(C)C. The van der Waals surface area contributed by atoms with Crippen LogP contribution in [0.1, 0.15) is 73.4 Å². The third-order valence-electron chi connectivity index (χ3n) is 3.85. The van der Waals surface area contributed by atoms with Gasteiger partial charge in [0.2, 0.25) is 8.32 Å². The molecule has 0 bridgehead atoms. The van der Waals surface area contributed by atoms with Crippen molar-refractivity contribution in [2.45, 2.75) is 92.8 Å². The lowest BCUT2D eigenvalue weighted by molar-refractivity contribution is 0.426. The number of nitriles is 1. The molecule has 1 aromatic carbocycles. The third-order valence-corrected chi connectivity index (χ3v) is 6.03. The van der Waals surface area contributed by atoms with Crippen LogP contribution < -0.4 is 0 Å². The smallest absolute Gasteiger partial charge is 0.242 e. The van der Waals surface area contributed by atoms with Gasteiger partial charge in [-0.3, -0.25) is 0 Å². The van der Waals surface area contributed by atoms with Crippen LogP contribution in [0.4, 0.5) is 0 Å². The normalized spacial score (nSPS) is 15.3. The average Bonchev–Trinajstić information content (AvgIpc) is 2.98. The van der Waals surface area contributed by atoms with E-state index >= 15 is 0 Å². The zero-order chi connectivity index (χ0) is 20.0. The fourth-order valence-electron chi connectivity index (χ4n) is 2.81. The van der Waals surface area contributed by atoms with Gasteiger partial charge >= 0.3 is 0 Å². The predicted molar refractivity (Wildman–Crippen MR) is 113 cm³/mol. The second-order valence-corrected chi connectivity index (χ2v) is 16.5. The molecule has 4 heteroatoms. The van der Waals surface area contributed by atoms with E-state index < -0.39 is 8.32 Å². The van der Waals surface area contributed by atoms with Crippen LogP contribution in [0.3, 0.4) is 0 Å². The van der Waals surface area contributed by atoms with Gasteiger partial charge in [-0.1, -0.05) is 62.3 Å². The van der Waals surface area contributed by atoms with Gasteiger partial charge in [0.1, 0.15) is 5.50 Å². The molecule has 2 nitrogen and oxygen atoms in total. The van der Waals surface area contributed by atoms with Crippen molar-refractivity contribution in [3.8, 4) is 6.07 Å². The predicted octanol–water partition coefficient (Wildman–Crippen LogP) is 7.27. The number of rotatable bonds is 3. The Labute approximate surface area is 157 Å². The molecule has 140 valence electrons. The summed E-state index contributed by atoms with van der Waals surface area (Å²) < 4.78 is 6.43. The summed E-state index contributed by atoms with van der Waals surface area (Å²) in [5, 5.41) is 9.81. The summed E-state index contributed by atoms with van der Waals surface area (Å²) in [6.45, 7) is 26.5. The standard InChI is InChI=1S/C21H36NOPSi/c1-19(2,3)14(13-22)18(23-25(10,11)12)24-17-15(20(4,5)6)16(17)21(7,8)9/h1-12H3/b18-14+. The Morgan fingerprint density at radius 2 is 1.28 bits per heavy atom. The van der Waals surface area contributed by atoms with E-state index in [1.54, 1.807) is 0 Å². The number of allylic oxidation sites excluding steroid dienone is 1. The van der Waals surface area contributed by atoms with Crippen molar-refractivity contribution in [1.82, 2.24) is 0 Å². The van der Waals surface area contributed by atoms with Gasteiger partial charge in [0, 0.05) is 10.4 Å². The molecule has 1 aromatic rings. The van der Waals surface area contributed by atoms with E-state index in [9.17, 15) is 5.26 Å². The van der Waals surface area contributed by atoms with Crippen LogP contribution in [0, 0.1) is 21.7 Å². The van der Waals surface area contributed by atoms with Crippen molar-refractivity contribution in [1.29, 1.82) is 5.26 Å². The molecule has 0 unspecified atom stereocenters. The zero-order valence-electron chi connectivity index (χ0n) is 18.3. The van der Waals surface area contributed by atoms with Gasteiger partial charge < -0.3 is 4.43 Å². The highest BCUT2D eigenvalue weighted by Gasteiger charge is 2.37. The van der Waals surface area contributed by atoms with Crippen LogP contribution in [0.15, 0.2) is 11.1 Å². The Morgan fingerprint density at radius 3 is 1.52 bits per heavy atom. The van der Waals surface area contributed by atoms with E-state index in [4.69, 9.17) is 4.43 Å². The van der Waals surface area contributed by atoms with E-state index in [1.807, 2.05) is 0 Å². The van der Waals surface area contributed by atoms with Crippen molar-refractivity contribution < 1.29 is 4.43 Å². The summed E-state index contributed by atoms with van der Waals surface area (Å²) in [6, 6.07) is 2.44. The Kier molecular flexibility index (Phi) is 5.96. The molecule has 25 heavy (non-hydrogen) atoms. The van der Waals surface area contributed by atoms with Gasteiger partial charge in [-0.05, 0) is 49.8 Å². The first-order chi connectivity index (χ1) is 10.9. The molecular formula is C21H36NOPSi. The minimum atomic E-state index is -1.80. The van der Waals surface area contributed by atoms with Crippen LogP contribution >= 0.6 is 8.20 Å². The maximum Gasteiger partial charge on any atom is 0.242 e. The highest BCUT2D eigenvalue weighted by atomic mass is 31.1. The molecule has 0 radical (unpaired) electrons. The zero-order valence-corrected chi connectivity index (χ0v) is 20.2. The van der Waals surface area contributed by atoms with Gasteiger partial charge in [-0.15, -0.1) is 0 Å². The average molecular weight is 378 g/mol. The molecule has 0 saturated heterocycles. The van der Waals surface area contributed by atoms with Crippen molar-refractivity contribution in [2.75, 3.05) is 0 Å². The highest BCUT2D eigenvalue weighted by Crippen LogP contribution is 2.49. The van der Waals surface area contributed by atoms with Crippen LogP contribution in [0.5, 0.6) is 0 Å². The summed E-state index contributed by atoms with van der Waals surface area (Å²) in [5.41, 5.74) is 4.61. The second-order valence-electron chi connectivity index (χ2n) is 11.0. The first-order valence-corrected chi connectivity index (χ1v) is 13.4. The molecule has 0 amide bonds. The molecule has 0 N–H and O–H groups in total. The summed E-state index contributed by atoms with van der Waals surface area (Å²) in [7, 11) is -0.739. The van der Waals surface area contributed by atoms with E-state index in [-0.39, 0.29) is 16.2 Å². The fraction of sp³-hybridized carbons (Fsp3) is 0.714. The summed E-state index contributed by atoms with van der Waals surface area (Å²) in [5.74, 6) is 0. The number of nitrogens with zero attached hydrogens (tertiary/aromatic N) is 1. The monoisotopic (exact) mass is 377 g/mol. The van der Waals surface area contributed by atoms with E-state index in [0.717, 1.165) is 19.3 Å². The Balaban J connectivity index is 3.70. The minimum absolute atomic E-state index is 0.129. The van der Waals surface area contributed by atoms with Crippen LogP contribution in [0.2, 0.25) is 19.6 Å². The Morgan fingerprint density at radius 1 is 0.880 bits per heavy atom. The van der Waals surface area contributed by atoms with Crippen molar-refractivity contribution >= 4 is 16.5 Å². The topological polar surface area (TPSA) is 33.0 Å². The first kappa shape index (κ1) is 22.2. The molecule has 0 spiro atoms. The molecule has 0 saturated carbocycles. The molecular weight excluding hydrogens is 341 g/mol. The van der Waals surface area contributed by atoms with Crippen LogP contribution in [-0.2, 0) is 15.3 Å². The summed E-state index contributed by atoms with van der Waals surface area (Å²) in [4.78, 5) is 1.38. The fourth-order valence-corrected chi connectivity index (χ4v) is 6.26. The third kappa shape index (κ3) is 5.83. The molecule has 0 atom stereocenters. The first-order valence-electron chi connectivity index (χ1n) is 9.08. The maximum atomic E-state index is 9.81. The molecule has 0 aliphatic heterocycles. The lowest BCUT2D eigenvalue weighted by atomic mass is 9.86. The Hall–Kier alpha value is -0.843. The van der Waals surface area contributed by atoms with Crippen LogP contribution in [-0.4, -0.2) is 8.32 Å². The maximum absolute atomic E-state index is 9.81.